The van der Waals surface area contributed by atoms with Crippen LogP contribution < -0.4 is 0 Å². The molecular formula is C17H25N. The zero-order valence-corrected chi connectivity index (χ0v) is 11.6. The van der Waals surface area contributed by atoms with E-state index in [1.54, 1.807) is 12.4 Å². The average Bonchev–Trinajstić information content (AvgIpc) is 2.50. The summed E-state index contributed by atoms with van der Waals surface area (Å²) >= 11 is 0. The normalized spacial score (nSPS) is 8.33. The lowest BCUT2D eigenvalue weighted by molar-refractivity contribution is 0.702. The van der Waals surface area contributed by atoms with Gasteiger partial charge < -0.3 is 0 Å². The van der Waals surface area contributed by atoms with Crippen LogP contribution in [0.2, 0.25) is 0 Å². The maximum atomic E-state index is 3.78. The molecule has 0 aliphatic heterocycles. The summed E-state index contributed by atoms with van der Waals surface area (Å²) in [6.45, 7) is 4.46. The Bertz CT molecular complexity index is 229. The van der Waals surface area contributed by atoms with Crippen molar-refractivity contribution in [3.05, 3.63) is 67.0 Å². The first-order valence-corrected chi connectivity index (χ1v) is 6.76. The van der Waals surface area contributed by atoms with E-state index in [0.717, 1.165) is 0 Å². The van der Waals surface area contributed by atoms with Gasteiger partial charge in [-0.15, -0.1) is 0 Å². The van der Waals surface area contributed by atoms with Crippen LogP contribution >= 0.6 is 0 Å². The van der Waals surface area contributed by atoms with Gasteiger partial charge in [-0.25, -0.2) is 0 Å². The Hall–Kier alpha value is -1.63. The van der Waals surface area contributed by atoms with Crippen molar-refractivity contribution < 1.29 is 0 Å². The van der Waals surface area contributed by atoms with Crippen molar-refractivity contribution in [2.45, 2.75) is 39.5 Å². The molecule has 2 aromatic rings. The van der Waals surface area contributed by atoms with Gasteiger partial charge in [0, 0.05) is 12.4 Å². The first-order chi connectivity index (χ1) is 8.91. The van der Waals surface area contributed by atoms with Crippen molar-refractivity contribution in [1.82, 2.24) is 4.98 Å². The van der Waals surface area contributed by atoms with E-state index in [1.165, 1.54) is 25.7 Å². The van der Waals surface area contributed by atoms with Crippen LogP contribution in [0.4, 0.5) is 0 Å². The van der Waals surface area contributed by atoms with Gasteiger partial charge in [-0.1, -0.05) is 82.0 Å². The lowest BCUT2D eigenvalue weighted by Gasteiger charge is -1.86. The number of hydrogen-bond acceptors (Lipinski definition) is 1. The Morgan fingerprint density at radius 2 is 0.889 bits per heavy atom. The molecule has 1 aromatic carbocycles. The summed E-state index contributed by atoms with van der Waals surface area (Å²) in [5.41, 5.74) is 0. The zero-order valence-electron chi connectivity index (χ0n) is 11.6. The molecule has 0 saturated carbocycles. The van der Waals surface area contributed by atoms with Crippen molar-refractivity contribution in [2.75, 3.05) is 0 Å². The van der Waals surface area contributed by atoms with E-state index in [0.29, 0.717) is 0 Å². The molecule has 98 valence electrons. The zero-order chi connectivity index (χ0) is 13.3. The van der Waals surface area contributed by atoms with Crippen molar-refractivity contribution in [1.29, 1.82) is 0 Å². The summed E-state index contributed by atoms with van der Waals surface area (Å²) in [6.07, 6.45) is 9.04. The van der Waals surface area contributed by atoms with Crippen molar-refractivity contribution in [3.8, 4) is 0 Å². The lowest BCUT2D eigenvalue weighted by atomic mass is 10.2. The molecule has 18 heavy (non-hydrogen) atoms. The van der Waals surface area contributed by atoms with Gasteiger partial charge in [0.25, 0.3) is 0 Å². The molecule has 0 radical (unpaired) electrons. The lowest BCUT2D eigenvalue weighted by Crippen LogP contribution is -1.66. The molecule has 0 aliphatic rings. The molecule has 0 N–H and O–H groups in total. The minimum absolute atomic E-state index is 1.36. The summed E-state index contributed by atoms with van der Waals surface area (Å²) in [5.74, 6) is 0. The van der Waals surface area contributed by atoms with E-state index in [4.69, 9.17) is 0 Å². The summed E-state index contributed by atoms with van der Waals surface area (Å²) < 4.78 is 0. The Morgan fingerprint density at radius 3 is 1.06 bits per heavy atom. The Morgan fingerprint density at radius 1 is 0.556 bits per heavy atom. The quantitative estimate of drug-likeness (QED) is 0.662. The predicted octanol–water partition coefficient (Wildman–Crippen LogP) is 5.35. The second-order valence-corrected chi connectivity index (χ2v) is 3.89. The fourth-order valence-corrected chi connectivity index (χ4v) is 1.20. The van der Waals surface area contributed by atoms with Gasteiger partial charge in [0.15, 0.2) is 0 Å². The molecule has 0 saturated heterocycles. The predicted molar refractivity (Wildman–Crippen MR) is 80.5 cm³/mol. The van der Waals surface area contributed by atoms with Gasteiger partial charge in [-0.05, 0) is 12.1 Å². The Kier molecular flexibility index (Phi) is 14.0. The van der Waals surface area contributed by atoms with Crippen LogP contribution in [0.5, 0.6) is 0 Å². The Balaban J connectivity index is 0.000000241. The Labute approximate surface area is 112 Å². The number of nitrogens with zero attached hydrogens (tertiary/aromatic N) is 1. The minimum Gasteiger partial charge on any atom is -0.265 e. The molecule has 1 heteroatoms. The topological polar surface area (TPSA) is 12.9 Å². The number of hydrogen-bond donors (Lipinski definition) is 0. The maximum Gasteiger partial charge on any atom is 0.0267 e. The molecule has 1 aromatic heterocycles. The molecule has 0 amide bonds. The van der Waals surface area contributed by atoms with Gasteiger partial charge >= 0.3 is 0 Å². The first kappa shape index (κ1) is 16.4. The van der Waals surface area contributed by atoms with Gasteiger partial charge in [0.05, 0.1) is 0 Å². The SMILES string of the molecule is CCCCCC.c1ccccc1.c1ccncc1. The smallest absolute Gasteiger partial charge is 0.0267 e. The summed E-state index contributed by atoms with van der Waals surface area (Å²) in [5, 5.41) is 0. The fourth-order valence-electron chi connectivity index (χ4n) is 1.20. The molecule has 0 atom stereocenters. The van der Waals surface area contributed by atoms with Gasteiger partial charge in [-0.3, -0.25) is 4.98 Å². The number of benzene rings is 1. The molecule has 2 rings (SSSR count). The second kappa shape index (κ2) is 15.4. The third-order valence-corrected chi connectivity index (χ3v) is 2.19. The highest BCUT2D eigenvalue weighted by Gasteiger charge is 1.75. The van der Waals surface area contributed by atoms with Crippen LogP contribution in [0, 0.1) is 0 Å². The molecule has 0 fully saturated rings. The molecule has 1 heterocycles. The summed E-state index contributed by atoms with van der Waals surface area (Å²) in [6, 6.07) is 17.7. The van der Waals surface area contributed by atoms with Crippen LogP contribution in [0.25, 0.3) is 0 Å². The summed E-state index contributed by atoms with van der Waals surface area (Å²) in [7, 11) is 0. The maximum absolute atomic E-state index is 3.78. The van der Waals surface area contributed by atoms with Crippen LogP contribution in [0.15, 0.2) is 67.0 Å². The van der Waals surface area contributed by atoms with Gasteiger partial charge in [0.2, 0.25) is 0 Å². The number of rotatable bonds is 3. The molecule has 0 aliphatic carbocycles. The molecular weight excluding hydrogens is 218 g/mol. The highest BCUT2D eigenvalue weighted by Crippen LogP contribution is 1.95. The monoisotopic (exact) mass is 243 g/mol. The van der Waals surface area contributed by atoms with E-state index in [-0.39, 0.29) is 0 Å². The second-order valence-electron chi connectivity index (χ2n) is 3.89. The number of unbranched alkanes of at least 4 members (excludes halogenated alkanes) is 3. The van der Waals surface area contributed by atoms with E-state index >= 15 is 0 Å². The first-order valence-electron chi connectivity index (χ1n) is 6.76. The van der Waals surface area contributed by atoms with Crippen LogP contribution in [0.1, 0.15) is 39.5 Å². The van der Waals surface area contributed by atoms with Gasteiger partial charge in [-0.2, -0.15) is 0 Å². The number of aromatic nitrogens is 1. The highest BCUT2D eigenvalue weighted by atomic mass is 14.6. The largest absolute Gasteiger partial charge is 0.265 e. The highest BCUT2D eigenvalue weighted by molar-refractivity contribution is 4.99. The van der Waals surface area contributed by atoms with Crippen LogP contribution in [-0.2, 0) is 0 Å². The van der Waals surface area contributed by atoms with Gasteiger partial charge in [0.1, 0.15) is 0 Å². The van der Waals surface area contributed by atoms with E-state index in [2.05, 4.69) is 18.8 Å². The molecule has 0 unspecified atom stereocenters. The van der Waals surface area contributed by atoms with E-state index in [9.17, 15) is 0 Å². The third-order valence-electron chi connectivity index (χ3n) is 2.19. The van der Waals surface area contributed by atoms with Crippen molar-refractivity contribution >= 4 is 0 Å². The van der Waals surface area contributed by atoms with Crippen molar-refractivity contribution in [2.24, 2.45) is 0 Å². The number of pyridine rings is 1. The standard InChI is InChI=1S/C6H6.C6H14.C5H5N/c1-2-4-6-5-3-1;1-3-5-6-4-2;1-2-4-6-5-3-1/h1-6H;3-6H2,1-2H3;1-5H. The molecule has 0 spiro atoms. The van der Waals surface area contributed by atoms with Crippen LogP contribution in [0.3, 0.4) is 0 Å². The summed E-state index contributed by atoms with van der Waals surface area (Å²) in [4.78, 5) is 3.78. The van der Waals surface area contributed by atoms with E-state index in [1.807, 2.05) is 54.6 Å². The average molecular weight is 243 g/mol. The van der Waals surface area contributed by atoms with E-state index < -0.39 is 0 Å². The minimum atomic E-state index is 1.36. The molecule has 0 bridgehead atoms. The van der Waals surface area contributed by atoms with Crippen LogP contribution in [-0.4, -0.2) is 4.98 Å². The van der Waals surface area contributed by atoms with Crippen molar-refractivity contribution in [3.63, 3.8) is 0 Å². The molecule has 1 nitrogen and oxygen atoms in total. The third kappa shape index (κ3) is 14.4. The fraction of sp³-hybridized carbons (Fsp3) is 0.353.